The molecule has 1 aromatic heterocycles. The summed E-state index contributed by atoms with van der Waals surface area (Å²) in [4.78, 5) is 2.50. The van der Waals surface area contributed by atoms with Crippen molar-refractivity contribution in [2.45, 2.75) is 5.41 Å². The first kappa shape index (κ1) is 38.7. The molecule has 11 aromatic carbocycles. The minimum Gasteiger partial charge on any atom is -0.455 e. The number of fused-ring (bicyclic) bond motifs is 8. The summed E-state index contributed by atoms with van der Waals surface area (Å²) < 4.78 is 6.78. The van der Waals surface area contributed by atoms with E-state index in [0.717, 1.165) is 66.5 Å². The van der Waals surface area contributed by atoms with Gasteiger partial charge in [0, 0.05) is 33.0 Å². The monoisotopic (exact) mass is 853 g/mol. The maximum absolute atomic E-state index is 6.78. The SMILES string of the molecule is c1ccc(-c2cccc(-c3ccc(N(c4ccccc4-c4cccc5oc6c7ccccc7ccc6c45)c4cccc5c4-c4ccccc4C5(c4ccccc4)c4ccccc4)cc3)c2)cc1. The molecule has 0 saturated carbocycles. The van der Waals surface area contributed by atoms with Crippen LogP contribution in [-0.2, 0) is 5.41 Å². The van der Waals surface area contributed by atoms with E-state index in [0.29, 0.717) is 0 Å². The minimum atomic E-state index is -0.548. The molecule has 0 amide bonds. The van der Waals surface area contributed by atoms with E-state index < -0.39 is 5.41 Å². The average Bonchev–Trinajstić information content (AvgIpc) is 3.95. The van der Waals surface area contributed by atoms with E-state index >= 15 is 0 Å². The Morgan fingerprint density at radius 2 is 0.896 bits per heavy atom. The zero-order valence-electron chi connectivity index (χ0n) is 36.7. The van der Waals surface area contributed by atoms with Crippen molar-refractivity contribution in [3.05, 3.63) is 283 Å². The largest absolute Gasteiger partial charge is 0.455 e. The van der Waals surface area contributed by atoms with Crippen LogP contribution in [0.1, 0.15) is 22.3 Å². The summed E-state index contributed by atoms with van der Waals surface area (Å²) in [7, 11) is 0. The van der Waals surface area contributed by atoms with Gasteiger partial charge in [-0.3, -0.25) is 0 Å². The van der Waals surface area contributed by atoms with Gasteiger partial charge in [-0.15, -0.1) is 0 Å². The lowest BCUT2D eigenvalue weighted by Crippen LogP contribution is -2.28. The Bertz CT molecular complexity index is 3760. The Kier molecular flexibility index (Phi) is 9.11. The van der Waals surface area contributed by atoms with Crippen LogP contribution in [0.4, 0.5) is 17.1 Å². The topological polar surface area (TPSA) is 16.4 Å². The van der Waals surface area contributed by atoms with Gasteiger partial charge in [0.05, 0.1) is 16.8 Å². The van der Waals surface area contributed by atoms with Crippen LogP contribution in [0.3, 0.4) is 0 Å². The van der Waals surface area contributed by atoms with Gasteiger partial charge >= 0.3 is 0 Å². The second kappa shape index (κ2) is 15.8. The zero-order valence-corrected chi connectivity index (χ0v) is 36.7. The van der Waals surface area contributed by atoms with E-state index in [1.165, 1.54) is 50.1 Å². The molecule has 0 fully saturated rings. The summed E-state index contributed by atoms with van der Waals surface area (Å²) in [5.74, 6) is 0. The molecule has 12 aromatic rings. The Labute approximate surface area is 390 Å². The van der Waals surface area contributed by atoms with Crippen molar-refractivity contribution in [3.8, 4) is 44.5 Å². The predicted octanol–water partition coefficient (Wildman–Crippen LogP) is 17.6. The van der Waals surface area contributed by atoms with Crippen molar-refractivity contribution < 1.29 is 4.42 Å². The minimum absolute atomic E-state index is 0.548. The lowest BCUT2D eigenvalue weighted by atomic mass is 9.68. The highest BCUT2D eigenvalue weighted by atomic mass is 16.3. The highest BCUT2D eigenvalue weighted by Crippen LogP contribution is 2.60. The van der Waals surface area contributed by atoms with E-state index in [9.17, 15) is 0 Å². The Morgan fingerprint density at radius 3 is 1.66 bits per heavy atom. The van der Waals surface area contributed by atoms with Gasteiger partial charge in [0.2, 0.25) is 0 Å². The summed E-state index contributed by atoms with van der Waals surface area (Å²) in [6, 6.07) is 95.0. The van der Waals surface area contributed by atoms with Gasteiger partial charge < -0.3 is 9.32 Å². The fourth-order valence-corrected chi connectivity index (χ4v) is 11.1. The van der Waals surface area contributed by atoms with Crippen LogP contribution in [0.5, 0.6) is 0 Å². The normalized spacial score (nSPS) is 12.6. The molecule has 1 aliphatic carbocycles. The Balaban J connectivity index is 1.07. The van der Waals surface area contributed by atoms with Crippen LogP contribution in [0.2, 0.25) is 0 Å². The van der Waals surface area contributed by atoms with E-state index in [-0.39, 0.29) is 0 Å². The maximum Gasteiger partial charge on any atom is 0.143 e. The highest BCUT2D eigenvalue weighted by Gasteiger charge is 2.47. The van der Waals surface area contributed by atoms with Crippen molar-refractivity contribution in [3.63, 3.8) is 0 Å². The van der Waals surface area contributed by atoms with E-state index in [4.69, 9.17) is 4.42 Å². The van der Waals surface area contributed by atoms with E-state index in [1.807, 2.05) is 0 Å². The van der Waals surface area contributed by atoms with E-state index in [2.05, 4.69) is 266 Å². The smallest absolute Gasteiger partial charge is 0.143 e. The van der Waals surface area contributed by atoms with Crippen LogP contribution in [-0.4, -0.2) is 0 Å². The summed E-state index contributed by atoms with van der Waals surface area (Å²) in [5, 5.41) is 4.50. The molecule has 0 N–H and O–H groups in total. The van der Waals surface area contributed by atoms with E-state index in [1.54, 1.807) is 0 Å². The number of rotatable bonds is 8. The molecule has 1 heterocycles. The molecule has 2 heteroatoms. The second-order valence-electron chi connectivity index (χ2n) is 17.5. The first-order chi connectivity index (χ1) is 33.3. The van der Waals surface area contributed by atoms with Crippen LogP contribution in [0.25, 0.3) is 77.2 Å². The maximum atomic E-state index is 6.78. The van der Waals surface area contributed by atoms with Crippen molar-refractivity contribution in [1.82, 2.24) is 0 Å². The van der Waals surface area contributed by atoms with Crippen LogP contribution in [0.15, 0.2) is 265 Å². The predicted molar refractivity (Wildman–Crippen MR) is 280 cm³/mol. The fraction of sp³-hybridized carbons (Fsp3) is 0.0154. The lowest BCUT2D eigenvalue weighted by Gasteiger charge is -2.34. The third kappa shape index (κ3) is 6.11. The molecule has 0 bridgehead atoms. The molecule has 67 heavy (non-hydrogen) atoms. The summed E-state index contributed by atoms with van der Waals surface area (Å²) in [5.41, 5.74) is 18.9. The summed E-state index contributed by atoms with van der Waals surface area (Å²) in [6.07, 6.45) is 0. The quantitative estimate of drug-likeness (QED) is 0.151. The molecule has 0 unspecified atom stereocenters. The molecule has 0 saturated heterocycles. The van der Waals surface area contributed by atoms with Crippen LogP contribution >= 0.6 is 0 Å². The molecular formula is C65H43NO. The molecule has 0 aliphatic heterocycles. The first-order valence-corrected chi connectivity index (χ1v) is 23.1. The van der Waals surface area contributed by atoms with Crippen molar-refractivity contribution in [2.24, 2.45) is 0 Å². The molecule has 0 atom stereocenters. The number of furan rings is 1. The van der Waals surface area contributed by atoms with Crippen molar-refractivity contribution >= 4 is 49.8 Å². The number of hydrogen-bond acceptors (Lipinski definition) is 2. The van der Waals surface area contributed by atoms with Gasteiger partial charge in [0.15, 0.2) is 0 Å². The number of benzene rings is 11. The van der Waals surface area contributed by atoms with Crippen LogP contribution in [0, 0.1) is 0 Å². The van der Waals surface area contributed by atoms with Gasteiger partial charge in [-0.1, -0.05) is 218 Å². The van der Waals surface area contributed by atoms with Crippen LogP contribution < -0.4 is 4.90 Å². The number of anilines is 3. The number of nitrogens with zero attached hydrogens (tertiary/aromatic N) is 1. The third-order valence-corrected chi connectivity index (χ3v) is 14.0. The molecular weight excluding hydrogens is 811 g/mol. The zero-order chi connectivity index (χ0) is 44.3. The first-order valence-electron chi connectivity index (χ1n) is 23.1. The average molecular weight is 854 g/mol. The van der Waals surface area contributed by atoms with Gasteiger partial charge in [-0.25, -0.2) is 0 Å². The molecule has 0 spiro atoms. The molecule has 314 valence electrons. The highest BCUT2D eigenvalue weighted by molar-refractivity contribution is 6.20. The molecule has 1 aliphatic rings. The van der Waals surface area contributed by atoms with Crippen molar-refractivity contribution in [1.29, 1.82) is 0 Å². The van der Waals surface area contributed by atoms with Gasteiger partial charge in [0.1, 0.15) is 11.2 Å². The van der Waals surface area contributed by atoms with Gasteiger partial charge in [-0.2, -0.15) is 0 Å². The standard InChI is InChI=1S/C65H43NO/c1-4-19-44(20-5-1)47-22-16-23-48(43-47)45-37-40-51(41-38-45)66(59-34-15-13-29-53(59)54-31-17-36-61-62(54)56-42-39-46-21-10-11-28-52(46)64(56)67-61)60-35-18-33-58-63(60)55-30-12-14-32-57(55)65(58,49-24-6-2-7-25-49)50-26-8-3-9-27-50/h1-43H. The van der Waals surface area contributed by atoms with Crippen molar-refractivity contribution in [2.75, 3.05) is 4.90 Å². The second-order valence-corrected chi connectivity index (χ2v) is 17.5. The lowest BCUT2D eigenvalue weighted by molar-refractivity contribution is 0.673. The fourth-order valence-electron chi connectivity index (χ4n) is 11.1. The Morgan fingerprint density at radius 1 is 0.343 bits per heavy atom. The molecule has 13 rings (SSSR count). The third-order valence-electron chi connectivity index (χ3n) is 14.0. The summed E-state index contributed by atoms with van der Waals surface area (Å²) in [6.45, 7) is 0. The van der Waals surface area contributed by atoms with Gasteiger partial charge in [0.25, 0.3) is 0 Å². The summed E-state index contributed by atoms with van der Waals surface area (Å²) >= 11 is 0. The number of para-hydroxylation sites is 1. The number of hydrogen-bond donors (Lipinski definition) is 0. The molecule has 0 radical (unpaired) electrons. The molecule has 2 nitrogen and oxygen atoms in total. The van der Waals surface area contributed by atoms with Gasteiger partial charge in [-0.05, 0) is 103 Å². The Hall–Kier alpha value is -8.72.